The van der Waals surface area contributed by atoms with Gasteiger partial charge in [-0.2, -0.15) is 0 Å². The highest BCUT2D eigenvalue weighted by Gasteiger charge is 2.22. The first-order chi connectivity index (χ1) is 11.1. The Morgan fingerprint density at radius 2 is 2.00 bits per heavy atom. The first-order valence-corrected chi connectivity index (χ1v) is 7.80. The summed E-state index contributed by atoms with van der Waals surface area (Å²) in [4.78, 5) is 33.8. The summed E-state index contributed by atoms with van der Waals surface area (Å²) in [5.41, 5.74) is 0.515. The van der Waals surface area contributed by atoms with E-state index in [9.17, 15) is 14.0 Å². The molecule has 1 aromatic carbocycles. The molecule has 0 radical (unpaired) electrons. The van der Waals surface area contributed by atoms with Gasteiger partial charge in [0.1, 0.15) is 5.82 Å². The Labute approximate surface area is 136 Å². The number of hydrogen-bond donors (Lipinski definition) is 1. The number of hydrogen-bond acceptors (Lipinski definition) is 5. The molecule has 8 heteroatoms. The predicted octanol–water partition coefficient (Wildman–Crippen LogP) is 2.60. The summed E-state index contributed by atoms with van der Waals surface area (Å²) in [6.45, 7) is 0.428. The molecular formula is C15H13FN4O2S. The van der Waals surface area contributed by atoms with Gasteiger partial charge in [0.2, 0.25) is 5.91 Å². The molecule has 2 heterocycles. The molecule has 0 saturated carbocycles. The number of anilines is 1. The van der Waals surface area contributed by atoms with Gasteiger partial charge in [-0.05, 0) is 36.4 Å². The maximum Gasteiger partial charge on any atom is 0.328 e. The summed E-state index contributed by atoms with van der Waals surface area (Å²) >= 11 is 1.23. The van der Waals surface area contributed by atoms with Crippen molar-refractivity contribution >= 4 is 29.4 Å². The molecule has 0 atom stereocenters. The Morgan fingerprint density at radius 3 is 2.74 bits per heavy atom. The summed E-state index contributed by atoms with van der Waals surface area (Å²) in [7, 11) is 0. The second-order valence-electron chi connectivity index (χ2n) is 4.89. The third-order valence-electron chi connectivity index (χ3n) is 3.21. The molecule has 1 N–H and O–H groups in total. The van der Waals surface area contributed by atoms with Crippen molar-refractivity contribution in [2.75, 3.05) is 11.4 Å². The van der Waals surface area contributed by atoms with Crippen LogP contribution in [0, 0.1) is 5.82 Å². The summed E-state index contributed by atoms with van der Waals surface area (Å²) in [5, 5.41) is 2.75. The molecule has 1 aliphatic rings. The number of nitrogens with one attached hydrogen (secondary N) is 1. The van der Waals surface area contributed by atoms with Gasteiger partial charge in [0.15, 0.2) is 5.16 Å². The molecule has 0 aliphatic carbocycles. The molecule has 1 saturated heterocycles. The monoisotopic (exact) mass is 332 g/mol. The van der Waals surface area contributed by atoms with E-state index in [4.69, 9.17) is 0 Å². The number of imide groups is 1. The highest BCUT2D eigenvalue weighted by Crippen LogP contribution is 2.26. The molecule has 1 aliphatic heterocycles. The largest absolute Gasteiger partial charge is 0.328 e. The normalized spacial score (nSPS) is 15.3. The van der Waals surface area contributed by atoms with Gasteiger partial charge in [-0.1, -0.05) is 6.07 Å². The van der Waals surface area contributed by atoms with E-state index < -0.39 is 6.03 Å². The number of rotatable bonds is 3. The lowest BCUT2D eigenvalue weighted by atomic mass is 10.3. The van der Waals surface area contributed by atoms with Gasteiger partial charge in [0.25, 0.3) is 0 Å². The van der Waals surface area contributed by atoms with E-state index in [0.29, 0.717) is 35.1 Å². The molecule has 0 unspecified atom stereocenters. The number of carbonyl (C=O) groups is 2. The van der Waals surface area contributed by atoms with Gasteiger partial charge >= 0.3 is 6.03 Å². The molecule has 0 bridgehead atoms. The summed E-state index contributed by atoms with van der Waals surface area (Å²) in [6.07, 6.45) is 3.93. The van der Waals surface area contributed by atoms with E-state index in [1.807, 2.05) is 0 Å². The standard InChI is InChI=1S/C15H13FN4O2S/c16-10-3-1-4-12(7-10)23-14-17-8-11(9-18-14)20-6-2-5-13(21)19-15(20)22/h1,3-4,7-9H,2,5-6H2,(H,19,21,22). The molecule has 0 spiro atoms. The SMILES string of the molecule is O=C1CCCN(c2cnc(Sc3cccc(F)c3)nc2)C(=O)N1. The lowest BCUT2D eigenvalue weighted by molar-refractivity contribution is -0.119. The quantitative estimate of drug-likeness (QED) is 0.875. The number of nitrogens with zero attached hydrogens (tertiary/aromatic N) is 3. The molecule has 6 nitrogen and oxygen atoms in total. The van der Waals surface area contributed by atoms with E-state index in [1.54, 1.807) is 12.1 Å². The van der Waals surface area contributed by atoms with E-state index in [1.165, 1.54) is 41.2 Å². The molecule has 1 aromatic heterocycles. The number of carbonyl (C=O) groups excluding carboxylic acids is 2. The average molecular weight is 332 g/mol. The zero-order chi connectivity index (χ0) is 16.2. The molecule has 3 amide bonds. The highest BCUT2D eigenvalue weighted by molar-refractivity contribution is 7.99. The Morgan fingerprint density at radius 1 is 1.22 bits per heavy atom. The highest BCUT2D eigenvalue weighted by atomic mass is 32.2. The van der Waals surface area contributed by atoms with Crippen molar-refractivity contribution in [2.24, 2.45) is 0 Å². The Balaban J connectivity index is 1.74. The number of aromatic nitrogens is 2. The minimum Gasteiger partial charge on any atom is -0.291 e. The van der Waals surface area contributed by atoms with Crippen LogP contribution in [0.15, 0.2) is 46.7 Å². The number of benzene rings is 1. The van der Waals surface area contributed by atoms with Crippen LogP contribution in [0.3, 0.4) is 0 Å². The van der Waals surface area contributed by atoms with Gasteiger partial charge in [-0.25, -0.2) is 19.2 Å². The van der Waals surface area contributed by atoms with Crippen molar-refractivity contribution in [1.82, 2.24) is 15.3 Å². The fraction of sp³-hybridized carbons (Fsp3) is 0.200. The van der Waals surface area contributed by atoms with Crippen molar-refractivity contribution < 1.29 is 14.0 Å². The number of urea groups is 1. The first-order valence-electron chi connectivity index (χ1n) is 6.98. The topological polar surface area (TPSA) is 75.2 Å². The van der Waals surface area contributed by atoms with Crippen LogP contribution in [0.5, 0.6) is 0 Å². The van der Waals surface area contributed by atoms with Crippen molar-refractivity contribution in [3.05, 3.63) is 42.5 Å². The van der Waals surface area contributed by atoms with E-state index in [0.717, 1.165) is 0 Å². The molecule has 118 valence electrons. The van der Waals surface area contributed by atoms with Crippen LogP contribution in [-0.4, -0.2) is 28.5 Å². The van der Waals surface area contributed by atoms with Gasteiger partial charge in [-0.15, -0.1) is 0 Å². The zero-order valence-corrected chi connectivity index (χ0v) is 12.8. The van der Waals surface area contributed by atoms with Crippen molar-refractivity contribution in [3.8, 4) is 0 Å². The van der Waals surface area contributed by atoms with Crippen LogP contribution < -0.4 is 10.2 Å². The van der Waals surface area contributed by atoms with Crippen molar-refractivity contribution in [3.63, 3.8) is 0 Å². The lowest BCUT2D eigenvalue weighted by Crippen LogP contribution is -2.40. The fourth-order valence-corrected chi connectivity index (χ4v) is 2.87. The third-order valence-corrected chi connectivity index (χ3v) is 4.09. The van der Waals surface area contributed by atoms with E-state index in [2.05, 4.69) is 15.3 Å². The van der Waals surface area contributed by atoms with Crippen molar-refractivity contribution in [2.45, 2.75) is 22.9 Å². The summed E-state index contributed by atoms with van der Waals surface area (Å²) < 4.78 is 13.2. The van der Waals surface area contributed by atoms with Crippen LogP contribution >= 0.6 is 11.8 Å². The molecule has 2 aromatic rings. The molecule has 1 fully saturated rings. The van der Waals surface area contributed by atoms with Gasteiger partial charge in [0.05, 0.1) is 18.1 Å². The molecule has 23 heavy (non-hydrogen) atoms. The Bertz CT molecular complexity index is 739. The van der Waals surface area contributed by atoms with Gasteiger partial charge < -0.3 is 0 Å². The smallest absolute Gasteiger partial charge is 0.291 e. The molecular weight excluding hydrogens is 319 g/mol. The Kier molecular flexibility index (Phi) is 4.52. The van der Waals surface area contributed by atoms with Gasteiger partial charge in [-0.3, -0.25) is 15.0 Å². The van der Waals surface area contributed by atoms with Crippen LogP contribution in [0.2, 0.25) is 0 Å². The summed E-state index contributed by atoms with van der Waals surface area (Å²) in [6, 6.07) is 5.67. The maximum atomic E-state index is 13.2. The maximum absolute atomic E-state index is 13.2. The number of halogens is 1. The zero-order valence-electron chi connectivity index (χ0n) is 12.0. The van der Waals surface area contributed by atoms with Crippen molar-refractivity contribution in [1.29, 1.82) is 0 Å². The van der Waals surface area contributed by atoms with Crippen LogP contribution in [0.25, 0.3) is 0 Å². The van der Waals surface area contributed by atoms with Gasteiger partial charge in [0, 0.05) is 17.9 Å². The van der Waals surface area contributed by atoms with Crippen LogP contribution in [0.1, 0.15) is 12.8 Å². The second kappa shape index (κ2) is 6.74. The average Bonchev–Trinajstić information content (AvgIpc) is 2.69. The summed E-state index contributed by atoms with van der Waals surface area (Å²) in [5.74, 6) is -0.603. The minimum absolute atomic E-state index is 0.281. The number of amides is 3. The van der Waals surface area contributed by atoms with E-state index in [-0.39, 0.29) is 11.7 Å². The second-order valence-corrected chi connectivity index (χ2v) is 5.93. The third kappa shape index (κ3) is 3.84. The molecule has 3 rings (SSSR count). The van der Waals surface area contributed by atoms with E-state index >= 15 is 0 Å². The fourth-order valence-electron chi connectivity index (χ4n) is 2.13. The minimum atomic E-state index is -0.471. The lowest BCUT2D eigenvalue weighted by Gasteiger charge is -2.18. The predicted molar refractivity (Wildman–Crippen MR) is 82.7 cm³/mol. The Hall–Kier alpha value is -2.48. The first kappa shape index (κ1) is 15.4. The van der Waals surface area contributed by atoms with Crippen LogP contribution in [0.4, 0.5) is 14.9 Å². The van der Waals surface area contributed by atoms with Crippen LogP contribution in [-0.2, 0) is 4.79 Å².